The van der Waals surface area contributed by atoms with Crippen LogP contribution in [0.4, 0.5) is 0 Å². The maximum Gasteiger partial charge on any atom is 0.249 e. The van der Waals surface area contributed by atoms with Gasteiger partial charge in [-0.2, -0.15) is 0 Å². The minimum atomic E-state index is -2.05. The van der Waals surface area contributed by atoms with E-state index in [1.807, 2.05) is 0 Å². The number of hydrogen-bond donors (Lipinski definition) is 12. The molecule has 3 aliphatic rings. The molecule has 1 aliphatic carbocycles. The molecule has 18 heteroatoms. The predicted molar refractivity (Wildman–Crippen MR) is 128 cm³/mol. The summed E-state index contributed by atoms with van der Waals surface area (Å²) in [6.07, 6.45) is -21.6. The molecule has 3 rings (SSSR count). The summed E-state index contributed by atoms with van der Waals surface area (Å²) in [7, 11) is 0. The van der Waals surface area contributed by atoms with Gasteiger partial charge in [0.15, 0.2) is 24.5 Å². The fourth-order valence-corrected chi connectivity index (χ4v) is 4.90. The highest BCUT2D eigenvalue weighted by Gasteiger charge is 2.52. The molecule has 232 valence electrons. The summed E-state index contributed by atoms with van der Waals surface area (Å²) in [4.78, 5) is 24.8. The zero-order chi connectivity index (χ0) is 29.9. The van der Waals surface area contributed by atoms with Crippen molar-refractivity contribution in [3.05, 3.63) is 0 Å². The zero-order valence-corrected chi connectivity index (χ0v) is 21.5. The Labute approximate surface area is 228 Å². The first kappa shape index (κ1) is 33.0. The normalized spacial score (nSPS) is 45.2. The predicted octanol–water partition coefficient (Wildman–Crippen LogP) is -8.18. The van der Waals surface area contributed by atoms with Gasteiger partial charge in [0.05, 0.1) is 12.6 Å². The molecule has 1 saturated carbocycles. The van der Waals surface area contributed by atoms with Crippen molar-refractivity contribution in [2.45, 2.75) is 105 Å². The van der Waals surface area contributed by atoms with Gasteiger partial charge in [-0.05, 0) is 19.4 Å². The molecule has 40 heavy (non-hydrogen) atoms. The molecule has 3 fully saturated rings. The Morgan fingerprint density at radius 1 is 0.925 bits per heavy atom. The number of ketones is 1. The first-order chi connectivity index (χ1) is 18.9. The van der Waals surface area contributed by atoms with Gasteiger partial charge in [0.2, 0.25) is 5.91 Å². The maximum absolute atomic E-state index is 12.5. The van der Waals surface area contributed by atoms with Crippen molar-refractivity contribution in [3.63, 3.8) is 0 Å². The van der Waals surface area contributed by atoms with E-state index in [1.54, 1.807) is 0 Å². The van der Waals surface area contributed by atoms with Crippen LogP contribution in [0.25, 0.3) is 0 Å². The molecule has 15 atom stereocenters. The van der Waals surface area contributed by atoms with E-state index in [4.69, 9.17) is 36.1 Å². The number of nitrogens with two attached hydrogens (primary N) is 3. The summed E-state index contributed by atoms with van der Waals surface area (Å²) in [6, 6.07) is -2.26. The number of nitrogens with one attached hydrogen (secondary N) is 1. The van der Waals surface area contributed by atoms with Crippen molar-refractivity contribution in [1.82, 2.24) is 5.32 Å². The molecule has 2 saturated heterocycles. The number of aliphatic hydroxyl groups is 8. The molecule has 0 aromatic carbocycles. The van der Waals surface area contributed by atoms with Crippen LogP contribution in [0.1, 0.15) is 12.8 Å². The van der Waals surface area contributed by atoms with Crippen LogP contribution in [-0.2, 0) is 28.5 Å². The van der Waals surface area contributed by atoms with Crippen molar-refractivity contribution in [2.24, 2.45) is 17.2 Å². The van der Waals surface area contributed by atoms with Gasteiger partial charge < -0.3 is 82.3 Å². The summed E-state index contributed by atoms with van der Waals surface area (Å²) < 4.78 is 22.2. The van der Waals surface area contributed by atoms with Crippen LogP contribution in [0.2, 0.25) is 0 Å². The van der Waals surface area contributed by atoms with Crippen molar-refractivity contribution >= 4 is 11.7 Å². The lowest BCUT2D eigenvalue weighted by atomic mass is 9.83. The first-order valence-electron chi connectivity index (χ1n) is 12.8. The SMILES string of the molecule is NCC[C@H](O)C(=O)N[C@@H]1C[C@H](N)[C@@H](O[C@H]2O[C@H](CN)[C@@H](O)[C@H](O)[C@H]2O)[C@H](O)[C@H]1O[C@H]1O[C@H](CO)[C@@H](O)C(=O)[C@H]1O. The van der Waals surface area contributed by atoms with E-state index in [-0.39, 0.29) is 25.9 Å². The minimum absolute atomic E-state index is 0.0135. The van der Waals surface area contributed by atoms with Crippen molar-refractivity contribution in [3.8, 4) is 0 Å². The molecular formula is C22H40N4O14. The Kier molecular flexibility index (Phi) is 11.7. The van der Waals surface area contributed by atoms with Crippen LogP contribution in [0.3, 0.4) is 0 Å². The van der Waals surface area contributed by atoms with E-state index in [1.165, 1.54) is 0 Å². The molecule has 15 N–H and O–H groups in total. The third-order valence-corrected chi connectivity index (χ3v) is 7.25. The van der Waals surface area contributed by atoms with Gasteiger partial charge in [0.25, 0.3) is 0 Å². The van der Waals surface area contributed by atoms with Crippen molar-refractivity contribution in [1.29, 1.82) is 0 Å². The maximum atomic E-state index is 12.5. The molecule has 0 spiro atoms. The summed E-state index contributed by atoms with van der Waals surface area (Å²) >= 11 is 0. The lowest BCUT2D eigenvalue weighted by Crippen LogP contribution is -2.69. The Hall–Kier alpha value is -1.46. The highest BCUT2D eigenvalue weighted by molar-refractivity contribution is 5.88. The second-order valence-corrected chi connectivity index (χ2v) is 10.1. The lowest BCUT2D eigenvalue weighted by Gasteiger charge is -2.48. The molecule has 0 aromatic rings. The van der Waals surface area contributed by atoms with Crippen LogP contribution in [0.5, 0.6) is 0 Å². The summed E-state index contributed by atoms with van der Waals surface area (Å²) in [5, 5.41) is 84.1. The van der Waals surface area contributed by atoms with Crippen LogP contribution in [0.15, 0.2) is 0 Å². The zero-order valence-electron chi connectivity index (χ0n) is 21.5. The Morgan fingerprint density at radius 2 is 1.55 bits per heavy atom. The molecule has 2 heterocycles. The highest BCUT2D eigenvalue weighted by Crippen LogP contribution is 2.31. The van der Waals surface area contributed by atoms with Gasteiger partial charge in [-0.3, -0.25) is 9.59 Å². The lowest BCUT2D eigenvalue weighted by molar-refractivity contribution is -0.328. The van der Waals surface area contributed by atoms with E-state index in [9.17, 15) is 50.4 Å². The Balaban J connectivity index is 1.85. The third kappa shape index (κ3) is 6.94. The Bertz CT molecular complexity index is 856. The number of hydrogen-bond acceptors (Lipinski definition) is 17. The second-order valence-electron chi connectivity index (χ2n) is 10.1. The smallest absolute Gasteiger partial charge is 0.249 e. The number of carbonyl (C=O) groups excluding carboxylic acids is 2. The summed E-state index contributed by atoms with van der Waals surface area (Å²) in [6.45, 7) is -1.08. The van der Waals surface area contributed by atoms with Crippen LogP contribution in [0, 0.1) is 0 Å². The Morgan fingerprint density at radius 3 is 2.15 bits per heavy atom. The van der Waals surface area contributed by atoms with Gasteiger partial charge in [0, 0.05) is 12.6 Å². The van der Waals surface area contributed by atoms with Crippen LogP contribution >= 0.6 is 0 Å². The topological polar surface area (TPSA) is 323 Å². The third-order valence-electron chi connectivity index (χ3n) is 7.25. The quantitative estimate of drug-likeness (QED) is 0.113. The van der Waals surface area contributed by atoms with E-state index >= 15 is 0 Å². The minimum Gasteiger partial charge on any atom is -0.394 e. The highest BCUT2D eigenvalue weighted by atomic mass is 16.7. The van der Waals surface area contributed by atoms with Crippen LogP contribution < -0.4 is 22.5 Å². The molecule has 1 amide bonds. The van der Waals surface area contributed by atoms with Gasteiger partial charge >= 0.3 is 0 Å². The monoisotopic (exact) mass is 584 g/mol. The number of carbonyl (C=O) groups is 2. The van der Waals surface area contributed by atoms with Gasteiger partial charge in [0.1, 0.15) is 61.0 Å². The number of rotatable bonds is 10. The van der Waals surface area contributed by atoms with Gasteiger partial charge in [-0.25, -0.2) is 0 Å². The van der Waals surface area contributed by atoms with Gasteiger partial charge in [-0.1, -0.05) is 0 Å². The molecule has 18 nitrogen and oxygen atoms in total. The van der Waals surface area contributed by atoms with E-state index in [0.29, 0.717) is 0 Å². The molecule has 0 aromatic heterocycles. The van der Waals surface area contributed by atoms with Gasteiger partial charge in [-0.15, -0.1) is 0 Å². The van der Waals surface area contributed by atoms with Crippen molar-refractivity contribution in [2.75, 3.05) is 19.7 Å². The standard InChI is InChI=1S/C22H40N4O14/c23-2-1-8(28)20(36)26-7-3-6(25)18(39-21-15(33)13(31)11(29)9(4-24)37-21)17(35)19(7)40-22-16(34)14(32)12(30)10(5-27)38-22/h6-13,15-19,21-22,27-31,33-35H,1-5,23-25H2,(H,26,36)/t6-,7+,8-,9+,10+,11+,12+,13-,15+,16+,17-,18+,19-,21+,22+/m0/s1. The van der Waals surface area contributed by atoms with E-state index in [2.05, 4.69) is 5.32 Å². The van der Waals surface area contributed by atoms with Crippen molar-refractivity contribution < 1.29 is 69.4 Å². The number of ether oxygens (including phenoxy) is 4. The number of Topliss-reactive ketones (excluding diaryl/α,β-unsaturated/α-hetero) is 1. The molecular weight excluding hydrogens is 544 g/mol. The number of amides is 1. The second kappa shape index (κ2) is 14.1. The number of aliphatic hydroxyl groups excluding tert-OH is 8. The summed E-state index contributed by atoms with van der Waals surface area (Å²) in [5.74, 6) is -2.01. The average Bonchev–Trinajstić information content (AvgIpc) is 2.92. The average molecular weight is 585 g/mol. The van der Waals surface area contributed by atoms with E-state index in [0.717, 1.165) is 0 Å². The molecule has 0 bridgehead atoms. The first-order valence-corrected chi connectivity index (χ1v) is 12.8. The van der Waals surface area contributed by atoms with E-state index < -0.39 is 110 Å². The fourth-order valence-electron chi connectivity index (χ4n) is 4.90. The molecule has 2 aliphatic heterocycles. The molecule has 0 unspecified atom stereocenters. The summed E-state index contributed by atoms with van der Waals surface area (Å²) in [5.41, 5.74) is 17.2. The van der Waals surface area contributed by atoms with Crippen LogP contribution in [-0.4, -0.2) is 164 Å². The molecule has 0 radical (unpaired) electrons. The fraction of sp³-hybridized carbons (Fsp3) is 0.909. The largest absolute Gasteiger partial charge is 0.394 e.